The van der Waals surface area contributed by atoms with E-state index in [0.29, 0.717) is 48.7 Å². The smallest absolute Gasteiger partial charge is 0.317 e. The van der Waals surface area contributed by atoms with Gasteiger partial charge in [0.1, 0.15) is 5.52 Å². The molecule has 1 aliphatic rings. The van der Waals surface area contributed by atoms with Crippen molar-refractivity contribution in [3.05, 3.63) is 65.0 Å². The van der Waals surface area contributed by atoms with Gasteiger partial charge in [0.2, 0.25) is 5.89 Å². The number of carbonyl (C=O) groups is 2. The van der Waals surface area contributed by atoms with Crippen LogP contribution in [0.4, 0.5) is 4.79 Å². The van der Waals surface area contributed by atoms with Crippen LogP contribution in [0.3, 0.4) is 0 Å². The molecule has 1 N–H and O–H groups in total. The number of nitrogens with one attached hydrogen (secondary N) is 1. The van der Waals surface area contributed by atoms with Crippen molar-refractivity contribution in [1.82, 2.24) is 25.0 Å². The molecule has 8 nitrogen and oxygen atoms in total. The fourth-order valence-electron chi connectivity index (χ4n) is 3.73. The molecule has 0 radical (unpaired) electrons. The number of aryl methyl sites for hydroxylation is 1. The molecule has 0 spiro atoms. The normalized spacial score (nSPS) is 14.5. The minimum Gasteiger partial charge on any atom is -0.439 e. The summed E-state index contributed by atoms with van der Waals surface area (Å²) >= 11 is 0. The van der Waals surface area contributed by atoms with Gasteiger partial charge >= 0.3 is 6.03 Å². The van der Waals surface area contributed by atoms with E-state index >= 15 is 0 Å². The summed E-state index contributed by atoms with van der Waals surface area (Å²) in [7, 11) is 3.45. The number of hydrogen-bond donors (Lipinski definition) is 1. The van der Waals surface area contributed by atoms with Gasteiger partial charge in [-0.15, -0.1) is 0 Å². The number of carbonyl (C=O) groups excluding carboxylic acids is 2. The number of amides is 3. The van der Waals surface area contributed by atoms with Gasteiger partial charge in [-0.3, -0.25) is 9.69 Å². The van der Waals surface area contributed by atoms with E-state index in [2.05, 4.69) is 15.2 Å². The average molecular weight is 436 g/mol. The first-order valence-corrected chi connectivity index (χ1v) is 10.8. The van der Waals surface area contributed by atoms with Crippen molar-refractivity contribution in [2.75, 3.05) is 40.3 Å². The predicted octanol–water partition coefficient (Wildman–Crippen LogP) is 2.87. The first-order valence-electron chi connectivity index (χ1n) is 10.8. The minimum atomic E-state index is -0.0618. The van der Waals surface area contributed by atoms with Crippen molar-refractivity contribution >= 4 is 23.0 Å². The maximum atomic E-state index is 12.5. The molecule has 0 atom stereocenters. The predicted molar refractivity (Wildman–Crippen MR) is 122 cm³/mol. The van der Waals surface area contributed by atoms with Crippen LogP contribution >= 0.6 is 0 Å². The highest BCUT2D eigenvalue weighted by atomic mass is 16.3. The summed E-state index contributed by atoms with van der Waals surface area (Å²) in [4.78, 5) is 34.8. The molecule has 4 rings (SSSR count). The van der Waals surface area contributed by atoms with E-state index in [4.69, 9.17) is 4.42 Å². The van der Waals surface area contributed by atoms with Crippen molar-refractivity contribution < 1.29 is 14.0 Å². The van der Waals surface area contributed by atoms with Gasteiger partial charge in [-0.1, -0.05) is 29.8 Å². The van der Waals surface area contributed by atoms with Crippen LogP contribution in [0.1, 0.15) is 27.4 Å². The Morgan fingerprint density at radius 3 is 2.47 bits per heavy atom. The highest BCUT2D eigenvalue weighted by Crippen LogP contribution is 2.19. The molecule has 1 aromatic heterocycles. The average Bonchev–Trinajstić information content (AvgIpc) is 3.19. The lowest BCUT2D eigenvalue weighted by Crippen LogP contribution is -2.51. The zero-order chi connectivity index (χ0) is 22.7. The largest absolute Gasteiger partial charge is 0.439 e. The van der Waals surface area contributed by atoms with Crippen molar-refractivity contribution in [3.8, 4) is 0 Å². The van der Waals surface area contributed by atoms with Crippen LogP contribution in [-0.4, -0.2) is 71.9 Å². The first-order chi connectivity index (χ1) is 15.4. The number of benzene rings is 2. The molecule has 1 saturated heterocycles. The molecule has 0 bridgehead atoms. The fourth-order valence-corrected chi connectivity index (χ4v) is 3.73. The Balaban J connectivity index is 1.28. The quantitative estimate of drug-likeness (QED) is 0.667. The highest BCUT2D eigenvalue weighted by molar-refractivity contribution is 5.96. The number of fused-ring (bicyclic) bond motifs is 1. The van der Waals surface area contributed by atoms with Gasteiger partial charge in [0.15, 0.2) is 5.58 Å². The first kappa shape index (κ1) is 21.8. The maximum absolute atomic E-state index is 12.5. The standard InChI is InChI=1S/C24H29N5O3/c1-17-4-6-18(7-5-17)15-25-24(31)29-12-10-28(11-13-29)16-22-26-20-14-19(23(30)27(2)3)8-9-21(20)32-22/h4-9,14H,10-13,15-16H2,1-3H3,(H,25,31). The molecule has 0 unspecified atom stereocenters. The fraction of sp³-hybridized carbons (Fsp3) is 0.375. The third-order valence-electron chi connectivity index (χ3n) is 5.67. The van der Waals surface area contributed by atoms with Crippen LogP contribution < -0.4 is 5.32 Å². The molecule has 8 heteroatoms. The zero-order valence-corrected chi connectivity index (χ0v) is 18.8. The van der Waals surface area contributed by atoms with Crippen LogP contribution in [0.25, 0.3) is 11.1 Å². The molecular weight excluding hydrogens is 406 g/mol. The summed E-state index contributed by atoms with van der Waals surface area (Å²) in [6.07, 6.45) is 0. The topological polar surface area (TPSA) is 81.9 Å². The van der Waals surface area contributed by atoms with E-state index in [1.807, 2.05) is 36.1 Å². The number of nitrogens with zero attached hydrogens (tertiary/aromatic N) is 4. The second kappa shape index (κ2) is 9.40. The lowest BCUT2D eigenvalue weighted by molar-refractivity contribution is 0.0827. The third kappa shape index (κ3) is 5.08. The summed E-state index contributed by atoms with van der Waals surface area (Å²) in [6.45, 7) is 5.96. The summed E-state index contributed by atoms with van der Waals surface area (Å²) in [6, 6.07) is 13.4. The summed E-state index contributed by atoms with van der Waals surface area (Å²) < 4.78 is 5.87. The molecule has 32 heavy (non-hydrogen) atoms. The van der Waals surface area contributed by atoms with E-state index in [1.165, 1.54) is 5.56 Å². The van der Waals surface area contributed by atoms with E-state index in [-0.39, 0.29) is 11.9 Å². The number of oxazole rings is 1. The highest BCUT2D eigenvalue weighted by Gasteiger charge is 2.22. The molecule has 0 aliphatic carbocycles. The van der Waals surface area contributed by atoms with Crippen molar-refractivity contribution in [3.63, 3.8) is 0 Å². The Morgan fingerprint density at radius 1 is 1.06 bits per heavy atom. The molecule has 0 saturated carbocycles. The second-order valence-electron chi connectivity index (χ2n) is 8.40. The monoisotopic (exact) mass is 435 g/mol. The number of hydrogen-bond acceptors (Lipinski definition) is 5. The molecule has 3 aromatic rings. The molecule has 168 valence electrons. The number of rotatable bonds is 5. The van der Waals surface area contributed by atoms with E-state index in [1.54, 1.807) is 37.2 Å². The third-order valence-corrected chi connectivity index (χ3v) is 5.67. The summed E-state index contributed by atoms with van der Waals surface area (Å²) in [5.74, 6) is 0.556. The SMILES string of the molecule is Cc1ccc(CNC(=O)N2CCN(Cc3nc4cc(C(=O)N(C)C)ccc4o3)CC2)cc1. The zero-order valence-electron chi connectivity index (χ0n) is 18.8. The molecular formula is C24H29N5O3. The van der Waals surface area contributed by atoms with E-state index in [0.717, 1.165) is 18.7 Å². The number of piperazine rings is 1. The summed E-state index contributed by atoms with van der Waals surface area (Å²) in [5.41, 5.74) is 4.24. The molecule has 2 heterocycles. The van der Waals surface area contributed by atoms with Gasteiger partial charge in [0.05, 0.1) is 6.54 Å². The van der Waals surface area contributed by atoms with Gasteiger partial charge in [0.25, 0.3) is 5.91 Å². The molecule has 1 aliphatic heterocycles. The van der Waals surface area contributed by atoms with Crippen molar-refractivity contribution in [2.24, 2.45) is 0 Å². The van der Waals surface area contributed by atoms with Gasteiger partial charge in [0, 0.05) is 52.4 Å². The van der Waals surface area contributed by atoms with Gasteiger partial charge in [-0.2, -0.15) is 0 Å². The maximum Gasteiger partial charge on any atom is 0.317 e. The summed E-state index contributed by atoms with van der Waals surface area (Å²) in [5, 5.41) is 3.00. The molecule has 1 fully saturated rings. The van der Waals surface area contributed by atoms with E-state index in [9.17, 15) is 9.59 Å². The second-order valence-corrected chi connectivity index (χ2v) is 8.40. The van der Waals surface area contributed by atoms with Gasteiger partial charge in [-0.25, -0.2) is 9.78 Å². The van der Waals surface area contributed by atoms with Crippen LogP contribution in [0.5, 0.6) is 0 Å². The number of aromatic nitrogens is 1. The Morgan fingerprint density at radius 2 is 1.78 bits per heavy atom. The van der Waals surface area contributed by atoms with Crippen LogP contribution in [0, 0.1) is 6.92 Å². The Hall–Kier alpha value is -3.39. The molecule has 3 amide bonds. The lowest BCUT2D eigenvalue weighted by Gasteiger charge is -2.34. The van der Waals surface area contributed by atoms with Crippen molar-refractivity contribution in [1.29, 1.82) is 0 Å². The molecule has 2 aromatic carbocycles. The lowest BCUT2D eigenvalue weighted by atomic mass is 10.1. The van der Waals surface area contributed by atoms with Crippen LogP contribution in [0.15, 0.2) is 46.9 Å². The van der Waals surface area contributed by atoms with Crippen LogP contribution in [0.2, 0.25) is 0 Å². The van der Waals surface area contributed by atoms with Gasteiger partial charge < -0.3 is 19.5 Å². The van der Waals surface area contributed by atoms with E-state index < -0.39 is 0 Å². The minimum absolute atomic E-state index is 0.0369. The Kier molecular flexibility index (Phi) is 6.41. The van der Waals surface area contributed by atoms with Gasteiger partial charge in [-0.05, 0) is 30.7 Å². The Bertz CT molecular complexity index is 1100. The van der Waals surface area contributed by atoms with Crippen LogP contribution in [-0.2, 0) is 13.1 Å². The Labute approximate surface area is 187 Å². The number of urea groups is 1. The van der Waals surface area contributed by atoms with Crippen molar-refractivity contribution in [2.45, 2.75) is 20.0 Å².